The molecule has 1 unspecified atom stereocenters. The van der Waals surface area contributed by atoms with E-state index in [1.165, 1.54) is 26.0 Å². The van der Waals surface area contributed by atoms with Crippen molar-refractivity contribution in [2.45, 2.75) is 102 Å². The van der Waals surface area contributed by atoms with Crippen LogP contribution in [-0.4, -0.2) is 101 Å². The Kier molecular flexibility index (Phi) is 11.9. The molecule has 7 heterocycles. The fourth-order valence-corrected chi connectivity index (χ4v) is 9.99. The number of imide groups is 1. The number of piperidine rings is 2. The number of nitrogens with one attached hydrogen (secondary N) is 2. The van der Waals surface area contributed by atoms with Crippen LogP contribution in [-0.2, 0) is 21.4 Å². The zero-order valence-electron chi connectivity index (χ0n) is 35.8. The normalized spacial score (nSPS) is 23.9. The van der Waals surface area contributed by atoms with E-state index >= 15 is 0 Å². The molecule has 18 heteroatoms. The van der Waals surface area contributed by atoms with Gasteiger partial charge in [0.15, 0.2) is 11.3 Å². The number of benzene rings is 1. The lowest BCUT2D eigenvalue weighted by molar-refractivity contribution is -0.135. The summed E-state index contributed by atoms with van der Waals surface area (Å²) >= 11 is 0. The first-order valence-electron chi connectivity index (χ1n) is 22.1. The van der Waals surface area contributed by atoms with Gasteiger partial charge in [0, 0.05) is 51.9 Å². The number of carbonyl (C=O) groups excluding carboxylic acids is 3. The summed E-state index contributed by atoms with van der Waals surface area (Å²) in [6, 6.07) is 6.61. The van der Waals surface area contributed by atoms with E-state index in [2.05, 4.69) is 42.5 Å². The quantitative estimate of drug-likeness (QED) is 0.148. The molecule has 3 atom stereocenters. The van der Waals surface area contributed by atoms with Crippen molar-refractivity contribution in [1.29, 1.82) is 0 Å². The van der Waals surface area contributed by atoms with Gasteiger partial charge in [-0.3, -0.25) is 33.5 Å². The van der Waals surface area contributed by atoms with E-state index in [0.29, 0.717) is 47.4 Å². The molecule has 3 amide bonds. The lowest BCUT2D eigenvalue weighted by Crippen LogP contribution is -2.45. The Morgan fingerprint density at radius 3 is 2.49 bits per heavy atom. The maximum atomic E-state index is 14.3. The minimum atomic E-state index is -2.87. The van der Waals surface area contributed by atoms with Gasteiger partial charge in [0.05, 0.1) is 46.7 Å². The zero-order valence-corrected chi connectivity index (χ0v) is 35.8. The van der Waals surface area contributed by atoms with Crippen LogP contribution in [0.15, 0.2) is 47.7 Å². The van der Waals surface area contributed by atoms with Crippen LogP contribution in [0.5, 0.6) is 0 Å². The number of alkyl halides is 2. The van der Waals surface area contributed by atoms with Crippen molar-refractivity contribution >= 4 is 45.9 Å². The summed E-state index contributed by atoms with van der Waals surface area (Å²) in [5.74, 6) is 6.96. The summed E-state index contributed by atoms with van der Waals surface area (Å²) in [7, 11) is 1.69. The second-order valence-corrected chi connectivity index (χ2v) is 17.7. The van der Waals surface area contributed by atoms with Gasteiger partial charge in [-0.2, -0.15) is 10.2 Å². The molecule has 1 saturated carbocycles. The van der Waals surface area contributed by atoms with Gasteiger partial charge in [0.2, 0.25) is 11.8 Å². The number of para-hydroxylation sites is 1. The second kappa shape index (κ2) is 17.7. The molecule has 0 radical (unpaired) electrons. The van der Waals surface area contributed by atoms with Crippen molar-refractivity contribution in [2.24, 2.45) is 18.9 Å². The van der Waals surface area contributed by atoms with Crippen molar-refractivity contribution in [3.8, 4) is 11.8 Å². The van der Waals surface area contributed by atoms with Crippen molar-refractivity contribution in [3.63, 3.8) is 0 Å². The Morgan fingerprint density at radius 1 is 1.00 bits per heavy atom. The number of hydrogen-bond acceptors (Lipinski definition) is 10. The van der Waals surface area contributed by atoms with Gasteiger partial charge in [-0.15, -0.1) is 0 Å². The summed E-state index contributed by atoms with van der Waals surface area (Å²) in [5, 5.41) is 13.6. The second-order valence-electron chi connectivity index (χ2n) is 17.7. The van der Waals surface area contributed by atoms with Gasteiger partial charge in [-0.25, -0.2) is 23.1 Å². The maximum absolute atomic E-state index is 14.3. The van der Waals surface area contributed by atoms with Crippen LogP contribution in [0.2, 0.25) is 0 Å². The molecule has 4 fully saturated rings. The molecule has 3 aliphatic heterocycles. The first-order valence-corrected chi connectivity index (χ1v) is 22.1. The molecule has 9 rings (SSSR count). The average molecular weight is 866 g/mol. The van der Waals surface area contributed by atoms with Crippen LogP contribution in [0, 0.1) is 23.7 Å². The van der Waals surface area contributed by atoms with E-state index in [9.17, 15) is 28.0 Å². The van der Waals surface area contributed by atoms with E-state index in [1.54, 1.807) is 17.9 Å². The van der Waals surface area contributed by atoms with Crippen LogP contribution < -0.4 is 21.2 Å². The number of halogens is 2. The number of fused-ring (bicyclic) bond motifs is 2. The van der Waals surface area contributed by atoms with Crippen LogP contribution >= 0.6 is 0 Å². The standard InChI is InChI=1S/C45H53F2N11O5/c1-27-23-55(24-28(2)63-27)37-18-21-56-42(50-37)33(22-48-56)43(60)49-34-26-57(52-39(34)41(46)47)32-12-10-30(11-13-32)25-54-19-16-29(17-20-54)6-4-7-31-8-5-9-35-40(31)53(3)45(62)58(35)36-14-15-38(59)51-44(36)61/h5,8-9,18,21-22,26-30,32,36,41H,6,10-17,19-20,23-25H2,1-3H3,(H,49,60)(H,51,59,61)/t27-,28-,30?,32?,36?/m1/s1. The molecule has 4 aliphatic rings. The van der Waals surface area contributed by atoms with E-state index in [-0.39, 0.29) is 53.9 Å². The topological polar surface area (TPSA) is 166 Å². The third-order valence-corrected chi connectivity index (χ3v) is 13.2. The highest BCUT2D eigenvalue weighted by Crippen LogP contribution is 2.36. The van der Waals surface area contributed by atoms with Gasteiger partial charge < -0.3 is 19.9 Å². The monoisotopic (exact) mass is 865 g/mol. The van der Waals surface area contributed by atoms with Gasteiger partial charge in [0.1, 0.15) is 17.4 Å². The molecule has 4 aromatic heterocycles. The van der Waals surface area contributed by atoms with E-state index < -0.39 is 30.0 Å². The highest BCUT2D eigenvalue weighted by molar-refractivity contribution is 6.08. The third-order valence-electron chi connectivity index (χ3n) is 13.2. The molecule has 63 heavy (non-hydrogen) atoms. The fourth-order valence-electron chi connectivity index (χ4n) is 9.99. The highest BCUT2D eigenvalue weighted by atomic mass is 19.3. The SMILES string of the molecule is C[C@@H]1CN(c2ccn3ncc(C(=O)Nc4cn(C5CCC(CN6CCC(CC#Cc7cccc8c7n(C)c(=O)n8C7CCC(=O)NC7=O)CC6)CC5)nc4C(F)F)c3n2)C[C@@H](C)O1. The van der Waals surface area contributed by atoms with E-state index in [0.717, 1.165) is 70.1 Å². The van der Waals surface area contributed by atoms with Gasteiger partial charge >= 0.3 is 5.69 Å². The summed E-state index contributed by atoms with van der Waals surface area (Å²) in [6.45, 7) is 8.28. The minimum absolute atomic E-state index is 0.0115. The summed E-state index contributed by atoms with van der Waals surface area (Å²) in [4.78, 5) is 60.6. The maximum Gasteiger partial charge on any atom is 0.329 e. The van der Waals surface area contributed by atoms with Gasteiger partial charge in [-0.05, 0) is 102 Å². The Morgan fingerprint density at radius 2 is 1.76 bits per heavy atom. The van der Waals surface area contributed by atoms with Crippen LogP contribution in [0.1, 0.15) is 112 Å². The third kappa shape index (κ3) is 8.72. The lowest BCUT2D eigenvalue weighted by atomic mass is 9.85. The lowest BCUT2D eigenvalue weighted by Gasteiger charge is -2.36. The number of likely N-dealkylation sites (tertiary alicyclic amines) is 1. The number of imidazole rings is 1. The number of rotatable bonds is 9. The highest BCUT2D eigenvalue weighted by Gasteiger charge is 2.33. The Balaban J connectivity index is 0.770. The number of anilines is 2. The van der Waals surface area contributed by atoms with Crippen molar-refractivity contribution in [3.05, 3.63) is 70.2 Å². The first-order chi connectivity index (χ1) is 30.4. The van der Waals surface area contributed by atoms with Crippen molar-refractivity contribution < 1.29 is 27.9 Å². The summed E-state index contributed by atoms with van der Waals surface area (Å²) in [5.41, 5.74) is 1.78. The first kappa shape index (κ1) is 42.4. The van der Waals surface area contributed by atoms with E-state index in [1.807, 2.05) is 38.1 Å². The molecule has 0 bridgehead atoms. The molecular weight excluding hydrogens is 813 g/mol. The minimum Gasteiger partial charge on any atom is -0.372 e. The number of aromatic nitrogens is 7. The summed E-state index contributed by atoms with van der Waals surface area (Å²) < 4.78 is 40.6. The van der Waals surface area contributed by atoms with Crippen molar-refractivity contribution in [1.82, 2.24) is 43.7 Å². The number of amides is 3. The molecule has 2 N–H and O–H groups in total. The number of morpholine rings is 1. The molecule has 1 aromatic carbocycles. The molecule has 1 aliphatic carbocycles. The predicted octanol–water partition coefficient (Wildman–Crippen LogP) is 5.25. The van der Waals surface area contributed by atoms with E-state index in [4.69, 9.17) is 9.72 Å². The smallest absolute Gasteiger partial charge is 0.329 e. The number of carbonyl (C=O) groups is 3. The number of nitrogens with zero attached hydrogens (tertiary/aromatic N) is 9. The predicted molar refractivity (Wildman–Crippen MR) is 231 cm³/mol. The number of ether oxygens (including phenoxy) is 1. The largest absolute Gasteiger partial charge is 0.372 e. The zero-order chi connectivity index (χ0) is 43.9. The Hall–Kier alpha value is -5.93. The van der Waals surface area contributed by atoms with Crippen LogP contribution in [0.4, 0.5) is 20.3 Å². The molecule has 16 nitrogen and oxygen atoms in total. The average Bonchev–Trinajstić information content (AvgIpc) is 3.96. The Bertz CT molecular complexity index is 2650. The fraction of sp³-hybridized carbons (Fsp3) is 0.533. The molecule has 332 valence electrons. The van der Waals surface area contributed by atoms with Gasteiger partial charge in [-0.1, -0.05) is 17.9 Å². The Labute approximate surface area is 362 Å². The molecule has 3 saturated heterocycles. The van der Waals surface area contributed by atoms with Crippen LogP contribution in [0.3, 0.4) is 0 Å². The number of hydrogen-bond donors (Lipinski definition) is 2. The molecule has 0 spiro atoms. The summed E-state index contributed by atoms with van der Waals surface area (Å²) in [6.07, 6.45) is 8.67. The van der Waals surface area contributed by atoms with Crippen LogP contribution in [0.25, 0.3) is 16.7 Å². The molecule has 5 aromatic rings. The number of aryl methyl sites for hydroxylation is 1. The van der Waals surface area contributed by atoms with Gasteiger partial charge in [0.25, 0.3) is 12.3 Å². The van der Waals surface area contributed by atoms with Crippen molar-refractivity contribution in [2.75, 3.05) is 42.9 Å². The molecular formula is C45H53F2N11O5.